The van der Waals surface area contributed by atoms with E-state index in [0.717, 1.165) is 28.9 Å². The quantitative estimate of drug-likeness (QED) is 0.688. The lowest BCUT2D eigenvalue weighted by molar-refractivity contribution is -0.116. The van der Waals surface area contributed by atoms with Gasteiger partial charge in [0, 0.05) is 6.42 Å². The van der Waals surface area contributed by atoms with Crippen LogP contribution < -0.4 is 5.32 Å². The summed E-state index contributed by atoms with van der Waals surface area (Å²) in [6.07, 6.45) is 1.92. The fraction of sp³-hybridized carbons (Fsp3) is 0.222. The molecule has 0 saturated heterocycles. The Morgan fingerprint density at radius 1 is 1.26 bits per heavy atom. The van der Waals surface area contributed by atoms with Gasteiger partial charge in [0.1, 0.15) is 5.75 Å². The summed E-state index contributed by atoms with van der Waals surface area (Å²) in [5.74, 6) is 0.00906. The van der Waals surface area contributed by atoms with E-state index >= 15 is 0 Å². The number of nitrogens with one attached hydrogen (secondary N) is 1. The molecule has 0 atom stereocenters. The molecule has 2 aromatic carbocycles. The van der Waals surface area contributed by atoms with Crippen molar-refractivity contribution < 1.29 is 9.90 Å². The average Bonchev–Trinajstić information content (AvgIpc) is 2.93. The van der Waals surface area contributed by atoms with Gasteiger partial charge in [-0.2, -0.15) is 0 Å². The second-order valence-corrected chi connectivity index (χ2v) is 6.61. The van der Waals surface area contributed by atoms with E-state index in [2.05, 4.69) is 16.4 Å². The molecule has 0 radical (unpaired) electrons. The van der Waals surface area contributed by atoms with Gasteiger partial charge in [-0.05, 0) is 49.6 Å². The molecular weight excluding hydrogens is 308 g/mol. The number of rotatable bonds is 5. The summed E-state index contributed by atoms with van der Waals surface area (Å²) < 4.78 is 1.18. The van der Waals surface area contributed by atoms with Crippen LogP contribution in [0, 0.1) is 6.92 Å². The molecule has 1 amide bonds. The number of aryl methyl sites for hydroxylation is 2. The smallest absolute Gasteiger partial charge is 0.224 e. The lowest BCUT2D eigenvalue weighted by atomic mass is 10.2. The van der Waals surface area contributed by atoms with Gasteiger partial charge in [0.05, 0.1) is 20.9 Å². The van der Waals surface area contributed by atoms with Crippen molar-refractivity contribution in [1.82, 2.24) is 4.98 Å². The number of aromatic nitrogens is 1. The number of thiazole rings is 1. The monoisotopic (exact) mass is 326 g/mol. The highest BCUT2D eigenvalue weighted by atomic mass is 32.1. The van der Waals surface area contributed by atoms with Crippen LogP contribution in [0.3, 0.4) is 0 Å². The molecule has 0 spiro atoms. The van der Waals surface area contributed by atoms with Crippen molar-refractivity contribution in [3.05, 3.63) is 53.0 Å². The summed E-state index contributed by atoms with van der Waals surface area (Å²) in [6.45, 7) is 1.89. The van der Waals surface area contributed by atoms with Gasteiger partial charge in [-0.15, -0.1) is 11.3 Å². The molecule has 4 nitrogen and oxygen atoms in total. The Bertz CT molecular complexity index is 809. The van der Waals surface area contributed by atoms with E-state index < -0.39 is 0 Å². The number of hydrogen-bond donors (Lipinski definition) is 2. The minimum absolute atomic E-state index is 0.0923. The number of anilines is 1. The molecule has 0 saturated carbocycles. The van der Waals surface area contributed by atoms with Crippen LogP contribution in [0.2, 0.25) is 0 Å². The van der Waals surface area contributed by atoms with Crippen LogP contribution in [-0.4, -0.2) is 16.0 Å². The highest BCUT2D eigenvalue weighted by molar-refractivity contribution is 7.18. The van der Waals surface area contributed by atoms with Gasteiger partial charge in [-0.3, -0.25) is 4.79 Å². The van der Waals surface area contributed by atoms with Gasteiger partial charge in [-0.1, -0.05) is 18.2 Å². The number of benzene rings is 2. The first-order valence-corrected chi connectivity index (χ1v) is 8.37. The topological polar surface area (TPSA) is 62.2 Å². The number of fused-ring (bicyclic) bond motifs is 1. The minimum atomic E-state index is -0.0923. The first-order chi connectivity index (χ1) is 11.1. The predicted molar refractivity (Wildman–Crippen MR) is 94.0 cm³/mol. The van der Waals surface area contributed by atoms with E-state index in [0.29, 0.717) is 12.1 Å². The van der Waals surface area contributed by atoms with Crippen molar-refractivity contribution >= 4 is 33.1 Å². The first kappa shape index (κ1) is 15.5. The maximum absolute atomic E-state index is 12.0. The third-order valence-electron chi connectivity index (χ3n) is 3.56. The van der Waals surface area contributed by atoms with Crippen molar-refractivity contribution in [2.45, 2.75) is 26.2 Å². The molecule has 0 aliphatic carbocycles. The van der Waals surface area contributed by atoms with Crippen LogP contribution in [0.4, 0.5) is 5.69 Å². The Kier molecular flexibility index (Phi) is 4.57. The second-order valence-electron chi connectivity index (χ2n) is 5.50. The molecule has 0 fully saturated rings. The van der Waals surface area contributed by atoms with Crippen molar-refractivity contribution in [3.63, 3.8) is 0 Å². The Hall–Kier alpha value is -2.40. The highest BCUT2D eigenvalue weighted by Crippen LogP contribution is 2.25. The SMILES string of the molecule is Cc1ccc(NC(=O)CCCc2nc3ccccc3s2)c(O)c1. The number of para-hydroxylation sites is 1. The molecule has 0 aliphatic rings. The van der Waals surface area contributed by atoms with Crippen LogP contribution in [0.25, 0.3) is 10.2 Å². The van der Waals surface area contributed by atoms with E-state index in [9.17, 15) is 9.90 Å². The molecule has 0 bridgehead atoms. The minimum Gasteiger partial charge on any atom is -0.506 e. The molecule has 1 heterocycles. The molecular formula is C18H18N2O2S. The van der Waals surface area contributed by atoms with Gasteiger partial charge in [0.25, 0.3) is 0 Å². The van der Waals surface area contributed by atoms with Gasteiger partial charge < -0.3 is 10.4 Å². The van der Waals surface area contributed by atoms with Crippen molar-refractivity contribution in [2.75, 3.05) is 5.32 Å². The Morgan fingerprint density at radius 3 is 2.87 bits per heavy atom. The molecule has 0 unspecified atom stereocenters. The van der Waals surface area contributed by atoms with Crippen LogP contribution in [0.5, 0.6) is 5.75 Å². The zero-order valence-electron chi connectivity index (χ0n) is 12.9. The van der Waals surface area contributed by atoms with E-state index in [1.807, 2.05) is 31.2 Å². The molecule has 3 rings (SSSR count). The number of carbonyl (C=O) groups is 1. The van der Waals surface area contributed by atoms with Gasteiger partial charge in [0.2, 0.25) is 5.91 Å². The predicted octanol–water partition coefficient (Wildman–Crippen LogP) is 4.27. The van der Waals surface area contributed by atoms with Crippen LogP contribution in [-0.2, 0) is 11.2 Å². The number of carbonyl (C=O) groups excluding carboxylic acids is 1. The number of nitrogens with zero attached hydrogens (tertiary/aromatic N) is 1. The Morgan fingerprint density at radius 2 is 2.09 bits per heavy atom. The largest absolute Gasteiger partial charge is 0.506 e. The molecule has 1 aromatic heterocycles. The molecule has 118 valence electrons. The zero-order valence-corrected chi connectivity index (χ0v) is 13.7. The number of hydrogen-bond acceptors (Lipinski definition) is 4. The Balaban J connectivity index is 1.52. The van der Waals surface area contributed by atoms with E-state index in [4.69, 9.17) is 0 Å². The molecule has 3 aromatic rings. The first-order valence-electron chi connectivity index (χ1n) is 7.56. The van der Waals surface area contributed by atoms with Gasteiger partial charge in [0.15, 0.2) is 0 Å². The summed E-state index contributed by atoms with van der Waals surface area (Å²) in [7, 11) is 0. The number of phenolic OH excluding ortho intramolecular Hbond substituents is 1. The summed E-state index contributed by atoms with van der Waals surface area (Å²) in [5, 5.41) is 13.6. The molecule has 23 heavy (non-hydrogen) atoms. The second kappa shape index (κ2) is 6.79. The average molecular weight is 326 g/mol. The van der Waals surface area contributed by atoms with E-state index in [-0.39, 0.29) is 11.7 Å². The maximum Gasteiger partial charge on any atom is 0.224 e. The van der Waals surface area contributed by atoms with E-state index in [1.54, 1.807) is 23.5 Å². The zero-order chi connectivity index (χ0) is 16.2. The molecule has 0 aliphatic heterocycles. The van der Waals surface area contributed by atoms with Crippen LogP contribution in [0.15, 0.2) is 42.5 Å². The lowest BCUT2D eigenvalue weighted by Gasteiger charge is -2.07. The summed E-state index contributed by atoms with van der Waals surface area (Å²) in [6, 6.07) is 13.3. The fourth-order valence-corrected chi connectivity index (χ4v) is 3.40. The fourth-order valence-electron chi connectivity index (χ4n) is 2.39. The van der Waals surface area contributed by atoms with Crippen molar-refractivity contribution in [2.24, 2.45) is 0 Å². The molecule has 5 heteroatoms. The maximum atomic E-state index is 12.0. The Labute approximate surface area is 138 Å². The van der Waals surface area contributed by atoms with Gasteiger partial charge in [-0.25, -0.2) is 4.98 Å². The normalized spacial score (nSPS) is 10.8. The van der Waals surface area contributed by atoms with Gasteiger partial charge >= 0.3 is 0 Å². The molecule has 2 N–H and O–H groups in total. The number of phenols is 1. The van der Waals surface area contributed by atoms with Crippen LogP contribution >= 0.6 is 11.3 Å². The third kappa shape index (κ3) is 3.87. The number of aromatic hydroxyl groups is 1. The van der Waals surface area contributed by atoms with Crippen LogP contribution in [0.1, 0.15) is 23.4 Å². The van der Waals surface area contributed by atoms with Crippen molar-refractivity contribution in [3.8, 4) is 5.75 Å². The summed E-state index contributed by atoms with van der Waals surface area (Å²) in [4.78, 5) is 16.5. The standard InChI is InChI=1S/C18H18N2O2S/c1-12-9-10-13(15(21)11-12)19-17(22)7-4-8-18-20-14-5-2-3-6-16(14)23-18/h2-3,5-6,9-11,21H,4,7-8H2,1H3,(H,19,22). The third-order valence-corrected chi connectivity index (χ3v) is 4.66. The lowest BCUT2D eigenvalue weighted by Crippen LogP contribution is -2.11. The number of amides is 1. The highest BCUT2D eigenvalue weighted by Gasteiger charge is 2.08. The summed E-state index contributed by atoms with van der Waals surface area (Å²) in [5.41, 5.74) is 2.43. The summed E-state index contributed by atoms with van der Waals surface area (Å²) >= 11 is 1.67. The van der Waals surface area contributed by atoms with E-state index in [1.165, 1.54) is 4.70 Å². The van der Waals surface area contributed by atoms with Crippen molar-refractivity contribution in [1.29, 1.82) is 0 Å².